The highest BCUT2D eigenvalue weighted by atomic mass is 27.3. The zero-order valence-corrected chi connectivity index (χ0v) is 22.9. The number of carbonyl (C=O) groups excluding carboxylic acids is 3. The molecule has 0 rings (SSSR count). The van der Waals surface area contributed by atoms with Crippen molar-refractivity contribution in [3.05, 3.63) is 36.5 Å². The van der Waals surface area contributed by atoms with E-state index in [1.54, 1.807) is 0 Å². The van der Waals surface area contributed by atoms with Gasteiger partial charge < -0.3 is 11.4 Å². The van der Waals surface area contributed by atoms with Crippen LogP contribution in [0.2, 0.25) is 0 Å². The third-order valence-electron chi connectivity index (χ3n) is 5.47. The van der Waals surface area contributed by atoms with Crippen molar-refractivity contribution in [2.45, 2.75) is 117 Å². The van der Waals surface area contributed by atoms with Crippen LogP contribution in [-0.4, -0.2) is 33.1 Å². The molecule has 0 atom stereocenters. The van der Waals surface area contributed by atoms with Crippen molar-refractivity contribution in [3.63, 3.8) is 0 Å². The Morgan fingerprint density at radius 1 is 0.500 bits per heavy atom. The normalized spacial score (nSPS) is 10.3. The zero-order chi connectivity index (χ0) is 25.8. The molecule has 0 radical (unpaired) electrons. The van der Waals surface area contributed by atoms with Crippen molar-refractivity contribution >= 4 is 33.1 Å². The first-order valence-corrected chi connectivity index (χ1v) is 14.3. The Balaban J connectivity index is 4.99. The van der Waals surface area contributed by atoms with E-state index in [0.29, 0.717) is 19.3 Å². The summed E-state index contributed by atoms with van der Waals surface area (Å²) in [6.45, 7) is 17.7. The molecule has 34 heavy (non-hydrogen) atoms. The summed E-state index contributed by atoms with van der Waals surface area (Å²) in [5.74, 6) is -2.09. The van der Waals surface area contributed by atoms with E-state index in [0.717, 1.165) is 77.0 Å². The summed E-state index contributed by atoms with van der Waals surface area (Å²) in [5.41, 5.74) is 0.826. The van der Waals surface area contributed by atoms with Crippen LogP contribution in [0.25, 0.3) is 0 Å². The van der Waals surface area contributed by atoms with Gasteiger partial charge in [-0.05, 0) is 38.5 Å². The van der Waals surface area contributed by atoms with E-state index in [4.69, 9.17) is 11.4 Å². The largest absolute Gasteiger partial charge is 1.20 e. The summed E-state index contributed by atoms with van der Waals surface area (Å²) >= 11 is -3.45. The van der Waals surface area contributed by atoms with Gasteiger partial charge in [-0.25, -0.2) is 0 Å². The molecular weight excluding hydrogens is 447 g/mol. The van der Waals surface area contributed by atoms with Gasteiger partial charge in [-0.3, -0.25) is 14.4 Å². The Bertz CT molecular complexity index is 580. The fraction of sp³-hybridized carbons (Fsp3) is 0.667. The van der Waals surface area contributed by atoms with Crippen molar-refractivity contribution in [1.29, 1.82) is 0 Å². The van der Waals surface area contributed by atoms with Crippen LogP contribution in [0.15, 0.2) is 36.5 Å². The molecule has 0 spiro atoms. The number of hydrogen-bond donors (Lipinski definition) is 0. The van der Waals surface area contributed by atoms with Crippen LogP contribution in [0.3, 0.4) is 0 Å². The molecule has 192 valence electrons. The minimum Gasteiger partial charge on any atom is -0.547 e. The van der Waals surface area contributed by atoms with Crippen LogP contribution in [0.4, 0.5) is 0 Å². The Kier molecular flexibility index (Phi) is 19.4. The van der Waals surface area contributed by atoms with E-state index in [1.165, 1.54) is 0 Å². The van der Waals surface area contributed by atoms with Crippen molar-refractivity contribution in [1.82, 2.24) is 0 Å². The molecule has 0 aromatic carbocycles. The Morgan fingerprint density at radius 3 is 1.00 bits per heavy atom. The lowest BCUT2D eigenvalue weighted by molar-refractivity contribution is -0.143. The smallest absolute Gasteiger partial charge is 0.547 e. The van der Waals surface area contributed by atoms with Gasteiger partial charge in [0.05, 0.1) is 0 Å². The fourth-order valence-corrected chi connectivity index (χ4v) is 4.35. The first-order chi connectivity index (χ1) is 16.3. The minimum atomic E-state index is -3.45. The molecule has 0 aliphatic carbocycles. The number of carbonyl (C=O) groups is 3. The maximum atomic E-state index is 12.5. The predicted octanol–water partition coefficient (Wildman–Crippen LogP) is 7.18. The second-order valence-electron chi connectivity index (χ2n) is 8.75. The zero-order valence-electron chi connectivity index (χ0n) is 21.8. The van der Waals surface area contributed by atoms with Gasteiger partial charge in [-0.1, -0.05) is 98.3 Å². The summed E-state index contributed by atoms with van der Waals surface area (Å²) in [6, 6.07) is 0. The molecule has 0 fully saturated rings. The first-order valence-electron chi connectivity index (χ1n) is 12.9. The molecule has 0 saturated heterocycles. The molecule has 0 unspecified atom stereocenters. The van der Waals surface area contributed by atoms with E-state index in [9.17, 15) is 14.4 Å². The van der Waals surface area contributed by atoms with Crippen LogP contribution in [0, 0.1) is 0 Å². The van der Waals surface area contributed by atoms with Gasteiger partial charge in [0.2, 0.25) is 0 Å². The van der Waals surface area contributed by atoms with Crippen molar-refractivity contribution in [2.75, 3.05) is 0 Å². The highest BCUT2D eigenvalue weighted by Crippen LogP contribution is 2.16. The summed E-state index contributed by atoms with van der Waals surface area (Å²) in [7, 11) is 0. The molecule has 0 aliphatic rings. The summed E-state index contributed by atoms with van der Waals surface area (Å²) in [4.78, 5) is 37.5. The third kappa shape index (κ3) is 15.9. The molecule has 0 aromatic heterocycles. The van der Waals surface area contributed by atoms with E-state index < -0.39 is 33.1 Å². The molecule has 7 heteroatoms. The van der Waals surface area contributed by atoms with Crippen molar-refractivity contribution in [3.8, 4) is 0 Å². The lowest BCUT2D eigenvalue weighted by Crippen LogP contribution is -2.36. The Morgan fingerprint density at radius 2 is 0.765 bits per heavy atom. The number of rotatable bonds is 21. The quantitative estimate of drug-likeness (QED) is 0.0959. The van der Waals surface area contributed by atoms with E-state index >= 15 is 0 Å². The summed E-state index contributed by atoms with van der Waals surface area (Å²) in [6.07, 6.45) is 13.4. The molecule has 0 aliphatic heterocycles. The standard InChI is InChI=1S/3C9H16O2.Al/c3*1-3-4-5-6-7-8(2)9(10)11;/h3*2-7H2,1H3,(H,10,11);/q;;;+3/p-3. The lowest BCUT2D eigenvalue weighted by atomic mass is 10.1. The van der Waals surface area contributed by atoms with Crippen LogP contribution in [0.1, 0.15) is 117 Å². The maximum Gasteiger partial charge on any atom is 1.20 e. The molecule has 0 bridgehead atoms. The van der Waals surface area contributed by atoms with Gasteiger partial charge in [-0.15, -0.1) is 0 Å². The fourth-order valence-electron chi connectivity index (χ4n) is 3.19. The van der Waals surface area contributed by atoms with E-state index in [2.05, 4.69) is 40.5 Å². The van der Waals surface area contributed by atoms with Gasteiger partial charge in [-0.2, -0.15) is 0 Å². The lowest BCUT2D eigenvalue weighted by Gasteiger charge is -2.16. The molecule has 0 amide bonds. The van der Waals surface area contributed by atoms with Crippen molar-refractivity contribution in [2.24, 2.45) is 0 Å². The van der Waals surface area contributed by atoms with Gasteiger partial charge in [0.1, 0.15) is 0 Å². The predicted molar refractivity (Wildman–Crippen MR) is 138 cm³/mol. The highest BCUT2D eigenvalue weighted by molar-refractivity contribution is 6.45. The first kappa shape index (κ1) is 32.2. The van der Waals surface area contributed by atoms with Crippen molar-refractivity contribution < 1.29 is 25.7 Å². The average Bonchev–Trinajstić information content (AvgIpc) is 2.81. The summed E-state index contributed by atoms with van der Waals surface area (Å²) < 4.78 is 16.0. The summed E-state index contributed by atoms with van der Waals surface area (Å²) in [5, 5.41) is 0. The molecular formula is C27H45AlO6. The van der Waals surface area contributed by atoms with Gasteiger partial charge in [0.25, 0.3) is 0 Å². The Hall–Kier alpha value is -1.84. The second-order valence-corrected chi connectivity index (χ2v) is 10.0. The molecule has 0 heterocycles. The van der Waals surface area contributed by atoms with Gasteiger partial charge in [0.15, 0.2) is 0 Å². The van der Waals surface area contributed by atoms with Crippen LogP contribution >= 0.6 is 0 Å². The Labute approximate surface area is 212 Å². The SMILES string of the molecule is C=C(CCCCCC)C(=O)[O][Al]([O]C(=O)C(=C)CCCCCC)[O]C(=O)C(=C)CCCCCC. The van der Waals surface area contributed by atoms with Gasteiger partial charge >= 0.3 is 33.1 Å². The number of hydrogen-bond acceptors (Lipinski definition) is 6. The van der Waals surface area contributed by atoms with Gasteiger partial charge in [0, 0.05) is 16.7 Å². The molecule has 0 aromatic rings. The average molecular weight is 493 g/mol. The number of unbranched alkanes of at least 4 members (excludes halogenated alkanes) is 9. The maximum absolute atomic E-state index is 12.5. The van der Waals surface area contributed by atoms with Crippen LogP contribution in [-0.2, 0) is 25.7 Å². The molecule has 0 N–H and O–H groups in total. The minimum absolute atomic E-state index is 0.275. The second kappa shape index (κ2) is 20.5. The van der Waals surface area contributed by atoms with E-state index in [-0.39, 0.29) is 16.7 Å². The van der Waals surface area contributed by atoms with Crippen LogP contribution in [0.5, 0.6) is 0 Å². The molecule has 0 saturated carbocycles. The highest BCUT2D eigenvalue weighted by Gasteiger charge is 2.49. The van der Waals surface area contributed by atoms with Crippen LogP contribution < -0.4 is 0 Å². The third-order valence-corrected chi connectivity index (χ3v) is 6.69. The molecule has 6 nitrogen and oxygen atoms in total. The monoisotopic (exact) mass is 492 g/mol. The topological polar surface area (TPSA) is 78.9 Å². The van der Waals surface area contributed by atoms with E-state index in [1.807, 2.05) is 0 Å².